The van der Waals surface area contributed by atoms with E-state index in [1.165, 1.54) is 25.1 Å². The molecule has 0 aliphatic heterocycles. The zero-order valence-electron chi connectivity index (χ0n) is 8.12. The van der Waals surface area contributed by atoms with Gasteiger partial charge in [-0.3, -0.25) is 9.59 Å². The van der Waals surface area contributed by atoms with Crippen molar-refractivity contribution in [2.75, 3.05) is 0 Å². The molecule has 0 spiro atoms. The maximum Gasteiger partial charge on any atom is 0.303 e. The molecular weight excluding hydrogens is 199 g/mol. The van der Waals surface area contributed by atoms with Gasteiger partial charge in [-0.15, -0.1) is 0 Å². The Morgan fingerprint density at radius 3 is 2.93 bits per heavy atom. The summed E-state index contributed by atoms with van der Waals surface area (Å²) < 4.78 is 17.7. The van der Waals surface area contributed by atoms with Crippen LogP contribution in [0.3, 0.4) is 0 Å². The Hall–Kier alpha value is -1.71. The molecule has 1 aliphatic carbocycles. The van der Waals surface area contributed by atoms with Crippen molar-refractivity contribution < 1.29 is 18.7 Å². The number of ketones is 1. The molecule has 2 rings (SSSR count). The quantitative estimate of drug-likeness (QED) is 0.657. The predicted octanol–water partition coefficient (Wildman–Crippen LogP) is 1.50. The summed E-state index contributed by atoms with van der Waals surface area (Å²) in [7, 11) is 0. The molecule has 1 unspecified atom stereocenters. The molecule has 0 radical (unpaired) electrons. The van der Waals surface area contributed by atoms with Crippen molar-refractivity contribution >= 4 is 11.8 Å². The summed E-state index contributed by atoms with van der Waals surface area (Å²) in [6.45, 7) is 1.25. The van der Waals surface area contributed by atoms with Crippen LogP contribution in [0.15, 0.2) is 18.2 Å². The van der Waals surface area contributed by atoms with Gasteiger partial charge >= 0.3 is 5.97 Å². The van der Waals surface area contributed by atoms with E-state index >= 15 is 0 Å². The average Bonchev–Trinajstić information content (AvgIpc) is 2.42. The van der Waals surface area contributed by atoms with Crippen LogP contribution in [0, 0.1) is 5.82 Å². The van der Waals surface area contributed by atoms with Crippen molar-refractivity contribution in [2.45, 2.75) is 19.4 Å². The Morgan fingerprint density at radius 1 is 1.53 bits per heavy atom. The highest BCUT2D eigenvalue weighted by atomic mass is 19.1. The van der Waals surface area contributed by atoms with E-state index < -0.39 is 12.1 Å². The number of carbonyl (C=O) groups excluding carboxylic acids is 2. The lowest BCUT2D eigenvalue weighted by Gasteiger charge is -2.06. The van der Waals surface area contributed by atoms with E-state index in [9.17, 15) is 14.0 Å². The van der Waals surface area contributed by atoms with Crippen LogP contribution in [-0.2, 0) is 16.0 Å². The third-order valence-corrected chi connectivity index (χ3v) is 2.34. The molecule has 0 saturated heterocycles. The van der Waals surface area contributed by atoms with E-state index in [4.69, 9.17) is 4.74 Å². The Kier molecular flexibility index (Phi) is 2.26. The maximum absolute atomic E-state index is 12.9. The smallest absolute Gasteiger partial charge is 0.303 e. The summed E-state index contributed by atoms with van der Waals surface area (Å²) in [6.07, 6.45) is -0.509. The topological polar surface area (TPSA) is 43.4 Å². The Labute approximate surface area is 85.9 Å². The highest BCUT2D eigenvalue weighted by Gasteiger charge is 2.32. The minimum absolute atomic E-state index is 0.250. The first-order chi connectivity index (χ1) is 7.08. The number of halogens is 1. The molecule has 0 N–H and O–H groups in total. The summed E-state index contributed by atoms with van der Waals surface area (Å²) in [5, 5.41) is 0. The van der Waals surface area contributed by atoms with Crippen LogP contribution in [-0.4, -0.2) is 17.9 Å². The van der Waals surface area contributed by atoms with Crippen LogP contribution in [0.4, 0.5) is 4.39 Å². The molecule has 78 valence electrons. The lowest BCUT2D eigenvalue weighted by Crippen LogP contribution is -2.22. The molecule has 0 amide bonds. The number of fused-ring (bicyclic) bond motifs is 1. The van der Waals surface area contributed by atoms with Crippen LogP contribution in [0.25, 0.3) is 0 Å². The number of hydrogen-bond donors (Lipinski definition) is 0. The first-order valence-corrected chi connectivity index (χ1v) is 4.58. The van der Waals surface area contributed by atoms with Gasteiger partial charge in [-0.25, -0.2) is 4.39 Å². The second-order valence-corrected chi connectivity index (χ2v) is 3.47. The molecule has 0 aromatic heterocycles. The van der Waals surface area contributed by atoms with E-state index in [1.54, 1.807) is 0 Å². The van der Waals surface area contributed by atoms with Crippen LogP contribution in [0.1, 0.15) is 22.8 Å². The normalized spacial score (nSPS) is 18.8. The van der Waals surface area contributed by atoms with Gasteiger partial charge in [0.2, 0.25) is 5.78 Å². The number of esters is 1. The SMILES string of the molecule is CC(=O)OC1Cc2cc(F)ccc2C1=O. The zero-order valence-corrected chi connectivity index (χ0v) is 8.12. The van der Waals surface area contributed by atoms with Gasteiger partial charge < -0.3 is 4.74 Å². The maximum atomic E-state index is 12.9. The van der Waals surface area contributed by atoms with Gasteiger partial charge in [-0.1, -0.05) is 0 Å². The molecule has 1 aromatic carbocycles. The van der Waals surface area contributed by atoms with Crippen LogP contribution in [0.2, 0.25) is 0 Å². The van der Waals surface area contributed by atoms with Gasteiger partial charge in [0.1, 0.15) is 5.82 Å². The molecule has 0 fully saturated rings. The van der Waals surface area contributed by atoms with Crippen LogP contribution < -0.4 is 0 Å². The van der Waals surface area contributed by atoms with Crippen molar-refractivity contribution in [3.63, 3.8) is 0 Å². The predicted molar refractivity (Wildman–Crippen MR) is 50.0 cm³/mol. The highest BCUT2D eigenvalue weighted by molar-refractivity contribution is 6.04. The van der Waals surface area contributed by atoms with Crippen LogP contribution >= 0.6 is 0 Å². The van der Waals surface area contributed by atoms with Gasteiger partial charge in [0, 0.05) is 18.9 Å². The monoisotopic (exact) mass is 208 g/mol. The second kappa shape index (κ2) is 3.46. The Balaban J connectivity index is 2.29. The Bertz CT molecular complexity index is 439. The van der Waals surface area contributed by atoms with Gasteiger partial charge in [0.25, 0.3) is 0 Å². The van der Waals surface area contributed by atoms with Gasteiger partial charge in [0.05, 0.1) is 0 Å². The fourth-order valence-electron chi connectivity index (χ4n) is 1.73. The summed E-state index contributed by atoms with van der Waals surface area (Å²) in [5.74, 6) is -1.13. The van der Waals surface area contributed by atoms with Crippen molar-refractivity contribution in [1.82, 2.24) is 0 Å². The summed E-state index contributed by atoms with van der Waals surface area (Å²) >= 11 is 0. The standard InChI is InChI=1S/C11H9FO3/c1-6(13)15-10-5-7-4-8(12)2-3-9(7)11(10)14/h2-4,10H,5H2,1H3. The van der Waals surface area contributed by atoms with E-state index in [2.05, 4.69) is 0 Å². The summed E-state index contributed by atoms with van der Waals surface area (Å²) in [5.41, 5.74) is 1.05. The molecule has 0 saturated carbocycles. The minimum Gasteiger partial charge on any atom is -0.454 e. The molecular formula is C11H9FO3. The molecule has 1 atom stereocenters. The molecule has 3 nitrogen and oxygen atoms in total. The van der Waals surface area contributed by atoms with Gasteiger partial charge in [-0.05, 0) is 23.8 Å². The third kappa shape index (κ3) is 1.75. The van der Waals surface area contributed by atoms with E-state index in [0.717, 1.165) is 0 Å². The van der Waals surface area contributed by atoms with Crippen molar-refractivity contribution in [2.24, 2.45) is 0 Å². The van der Waals surface area contributed by atoms with Gasteiger partial charge in [0.15, 0.2) is 6.10 Å². The number of rotatable bonds is 1. The summed E-state index contributed by atoms with van der Waals surface area (Å²) in [4.78, 5) is 22.4. The first kappa shape index (κ1) is 9.83. The number of Topliss-reactive ketones (excluding diaryl/α,β-unsaturated/α-hetero) is 1. The molecule has 0 heterocycles. The minimum atomic E-state index is -0.778. The van der Waals surface area contributed by atoms with Crippen molar-refractivity contribution in [3.05, 3.63) is 35.1 Å². The number of hydrogen-bond acceptors (Lipinski definition) is 3. The number of benzene rings is 1. The van der Waals surface area contributed by atoms with E-state index in [0.29, 0.717) is 11.1 Å². The Morgan fingerprint density at radius 2 is 2.27 bits per heavy atom. The number of carbonyl (C=O) groups is 2. The lowest BCUT2D eigenvalue weighted by atomic mass is 10.1. The molecule has 4 heteroatoms. The fraction of sp³-hybridized carbons (Fsp3) is 0.273. The molecule has 15 heavy (non-hydrogen) atoms. The first-order valence-electron chi connectivity index (χ1n) is 4.58. The molecule has 1 aliphatic rings. The zero-order chi connectivity index (χ0) is 11.0. The average molecular weight is 208 g/mol. The third-order valence-electron chi connectivity index (χ3n) is 2.34. The second-order valence-electron chi connectivity index (χ2n) is 3.47. The lowest BCUT2D eigenvalue weighted by molar-refractivity contribution is -0.144. The number of ether oxygens (including phenoxy) is 1. The van der Waals surface area contributed by atoms with Crippen molar-refractivity contribution in [1.29, 1.82) is 0 Å². The summed E-state index contributed by atoms with van der Waals surface area (Å²) in [6, 6.07) is 3.96. The molecule has 1 aromatic rings. The fourth-order valence-corrected chi connectivity index (χ4v) is 1.73. The largest absolute Gasteiger partial charge is 0.454 e. The van der Waals surface area contributed by atoms with Crippen LogP contribution in [0.5, 0.6) is 0 Å². The highest BCUT2D eigenvalue weighted by Crippen LogP contribution is 2.24. The van der Waals surface area contributed by atoms with Gasteiger partial charge in [-0.2, -0.15) is 0 Å². The van der Waals surface area contributed by atoms with Crippen molar-refractivity contribution in [3.8, 4) is 0 Å². The van der Waals surface area contributed by atoms with E-state index in [1.807, 2.05) is 0 Å². The van der Waals surface area contributed by atoms with E-state index in [-0.39, 0.29) is 18.0 Å². The molecule has 0 bridgehead atoms.